The normalized spacial score (nSPS) is 17.0. The Hall–Kier alpha value is -1.88. The lowest BCUT2D eigenvalue weighted by atomic mass is 9.98. The van der Waals surface area contributed by atoms with Crippen LogP contribution in [0.3, 0.4) is 0 Å². The van der Waals surface area contributed by atoms with E-state index in [0.717, 1.165) is 48.1 Å². The van der Waals surface area contributed by atoms with Gasteiger partial charge in [0.15, 0.2) is 6.04 Å². The van der Waals surface area contributed by atoms with Crippen molar-refractivity contribution in [1.82, 2.24) is 0 Å². The van der Waals surface area contributed by atoms with Gasteiger partial charge in [0.25, 0.3) is 5.91 Å². The van der Waals surface area contributed by atoms with Gasteiger partial charge in [-0.05, 0) is 70.6 Å². The van der Waals surface area contributed by atoms with Crippen molar-refractivity contribution < 1.29 is 18.8 Å². The summed E-state index contributed by atoms with van der Waals surface area (Å²) in [7, 11) is 0. The number of benzene rings is 1. The summed E-state index contributed by atoms with van der Waals surface area (Å²) in [6, 6.07) is 3.73. The number of likely N-dealkylation sites (tertiary alicyclic amines) is 1. The minimum absolute atomic E-state index is 0.0306. The summed E-state index contributed by atoms with van der Waals surface area (Å²) in [5.74, 6) is -0.350. The summed E-state index contributed by atoms with van der Waals surface area (Å²) in [4.78, 5) is 25.9. The third-order valence-electron chi connectivity index (χ3n) is 6.09. The molecule has 0 spiro atoms. The first-order chi connectivity index (χ1) is 13.4. The van der Waals surface area contributed by atoms with E-state index in [1.165, 1.54) is 19.3 Å². The van der Waals surface area contributed by atoms with Crippen molar-refractivity contribution in [3.8, 4) is 0 Å². The number of carbonyl (C=O) groups excluding carboxylic acids is 2. The molecule has 1 saturated heterocycles. The van der Waals surface area contributed by atoms with E-state index in [1.54, 1.807) is 13.0 Å². The molecule has 1 atom stereocenters. The third kappa shape index (κ3) is 4.93. The maximum Gasteiger partial charge on any atom is 0.340 e. The van der Waals surface area contributed by atoms with Crippen molar-refractivity contribution in [3.63, 3.8) is 0 Å². The summed E-state index contributed by atoms with van der Waals surface area (Å²) < 4.78 is 6.09. The first kappa shape index (κ1) is 22.4. The fourth-order valence-corrected chi connectivity index (χ4v) is 4.63. The van der Waals surface area contributed by atoms with E-state index < -0.39 is 0 Å². The van der Waals surface area contributed by atoms with Crippen LogP contribution in [0.2, 0.25) is 0 Å². The van der Waals surface area contributed by atoms with Gasteiger partial charge in [-0.15, -0.1) is 0 Å². The second-order valence-corrected chi connectivity index (χ2v) is 8.06. The third-order valence-corrected chi connectivity index (χ3v) is 6.09. The van der Waals surface area contributed by atoms with E-state index in [-0.39, 0.29) is 17.9 Å². The number of piperidine rings is 1. The number of anilines is 1. The van der Waals surface area contributed by atoms with Crippen LogP contribution in [0.4, 0.5) is 5.69 Å². The van der Waals surface area contributed by atoms with Crippen LogP contribution in [0.25, 0.3) is 0 Å². The van der Waals surface area contributed by atoms with Crippen LogP contribution in [-0.2, 0) is 9.53 Å². The average molecular weight is 390 g/mol. The fourth-order valence-electron chi connectivity index (χ4n) is 4.63. The molecule has 0 radical (unpaired) electrons. The molecule has 0 saturated carbocycles. The van der Waals surface area contributed by atoms with Crippen molar-refractivity contribution in [3.05, 3.63) is 28.8 Å². The Morgan fingerprint density at radius 1 is 1.11 bits per heavy atom. The molecule has 0 aliphatic carbocycles. The lowest BCUT2D eigenvalue weighted by molar-refractivity contribution is -0.945. The molecule has 1 aromatic carbocycles. The number of nitrogens with zero attached hydrogens (tertiary/aromatic N) is 1. The molecule has 2 rings (SSSR count). The largest absolute Gasteiger partial charge is 0.462 e. The molecular formula is C23H37N2O3+. The van der Waals surface area contributed by atoms with Gasteiger partial charge in [0, 0.05) is 6.42 Å². The van der Waals surface area contributed by atoms with Crippen LogP contribution in [0.15, 0.2) is 12.1 Å². The Morgan fingerprint density at radius 3 is 2.36 bits per heavy atom. The SMILES string of the molecule is CCCC(C(=O)Nc1c(C)cc(C)cc1C(=O)OCC)[N+]1(CC)CCCCC1. The number of carbonyl (C=O) groups is 2. The number of esters is 1. The molecule has 1 fully saturated rings. The topological polar surface area (TPSA) is 55.4 Å². The van der Waals surface area contributed by atoms with Gasteiger partial charge < -0.3 is 14.5 Å². The maximum atomic E-state index is 13.5. The highest BCUT2D eigenvalue weighted by atomic mass is 16.5. The molecule has 156 valence electrons. The summed E-state index contributed by atoms with van der Waals surface area (Å²) >= 11 is 0. The van der Waals surface area contributed by atoms with Gasteiger partial charge in [0.1, 0.15) is 0 Å². The first-order valence-electron chi connectivity index (χ1n) is 10.8. The van der Waals surface area contributed by atoms with Gasteiger partial charge in [-0.3, -0.25) is 4.79 Å². The zero-order chi connectivity index (χ0) is 20.7. The number of rotatable bonds is 8. The van der Waals surface area contributed by atoms with Crippen LogP contribution in [-0.4, -0.2) is 48.6 Å². The van der Waals surface area contributed by atoms with Crippen LogP contribution in [0.1, 0.15) is 74.4 Å². The predicted octanol–water partition coefficient (Wildman–Crippen LogP) is 4.61. The molecule has 5 heteroatoms. The number of nitrogens with one attached hydrogen (secondary N) is 1. The van der Waals surface area contributed by atoms with E-state index >= 15 is 0 Å². The highest BCUT2D eigenvalue weighted by molar-refractivity contribution is 6.03. The Balaban J connectivity index is 2.36. The molecule has 1 unspecified atom stereocenters. The zero-order valence-corrected chi connectivity index (χ0v) is 18.3. The summed E-state index contributed by atoms with van der Waals surface area (Å²) in [6.07, 6.45) is 5.44. The molecule has 1 aliphatic rings. The Kier molecular flexibility index (Phi) is 8.05. The van der Waals surface area contributed by atoms with Crippen LogP contribution in [0.5, 0.6) is 0 Å². The molecule has 1 amide bonds. The smallest absolute Gasteiger partial charge is 0.340 e. The summed E-state index contributed by atoms with van der Waals surface area (Å²) in [5, 5.41) is 3.13. The standard InChI is InChI=1S/C23H36N2O3/c1-6-12-20(25(7-2)13-10-9-11-14-25)22(26)24-21-18(5)15-17(4)16-19(21)23(27)28-8-3/h15-16,20H,6-14H2,1-5H3/p+1. The monoisotopic (exact) mass is 389 g/mol. The van der Waals surface area contributed by atoms with Crippen molar-refractivity contribution >= 4 is 17.6 Å². The van der Waals surface area contributed by atoms with Crippen molar-refractivity contribution in [2.45, 2.75) is 72.8 Å². The van der Waals surface area contributed by atoms with Gasteiger partial charge in [0.05, 0.1) is 37.5 Å². The molecule has 1 aromatic rings. The number of ether oxygens (including phenoxy) is 1. The van der Waals surface area contributed by atoms with Crippen molar-refractivity contribution in [1.29, 1.82) is 0 Å². The Bertz CT molecular complexity index is 693. The minimum Gasteiger partial charge on any atom is -0.462 e. The molecule has 1 heterocycles. The highest BCUT2D eigenvalue weighted by Gasteiger charge is 2.41. The van der Waals surface area contributed by atoms with Crippen LogP contribution in [0, 0.1) is 13.8 Å². The first-order valence-corrected chi connectivity index (χ1v) is 10.8. The molecule has 28 heavy (non-hydrogen) atoms. The fraction of sp³-hybridized carbons (Fsp3) is 0.652. The van der Waals surface area contributed by atoms with E-state index in [2.05, 4.69) is 19.2 Å². The van der Waals surface area contributed by atoms with Gasteiger partial charge in [-0.25, -0.2) is 4.79 Å². The number of likely N-dealkylation sites (N-methyl/N-ethyl adjacent to an activating group) is 1. The van der Waals surface area contributed by atoms with Gasteiger partial charge in [0.2, 0.25) is 0 Å². The second kappa shape index (κ2) is 10.1. The maximum absolute atomic E-state index is 13.5. The summed E-state index contributed by atoms with van der Waals surface area (Å²) in [5.41, 5.74) is 2.93. The average Bonchev–Trinajstić information content (AvgIpc) is 2.68. The number of hydrogen-bond acceptors (Lipinski definition) is 3. The zero-order valence-electron chi connectivity index (χ0n) is 18.3. The molecule has 5 nitrogen and oxygen atoms in total. The molecule has 0 bridgehead atoms. The number of aryl methyl sites for hydroxylation is 2. The number of quaternary nitrogens is 1. The molecule has 1 aliphatic heterocycles. The van der Waals surface area contributed by atoms with E-state index in [9.17, 15) is 9.59 Å². The Morgan fingerprint density at radius 2 is 1.79 bits per heavy atom. The van der Waals surface area contributed by atoms with Gasteiger partial charge >= 0.3 is 5.97 Å². The van der Waals surface area contributed by atoms with E-state index in [0.29, 0.717) is 17.9 Å². The van der Waals surface area contributed by atoms with Crippen LogP contribution < -0.4 is 5.32 Å². The molecule has 0 aromatic heterocycles. The van der Waals surface area contributed by atoms with E-state index in [4.69, 9.17) is 4.74 Å². The lowest BCUT2D eigenvalue weighted by Gasteiger charge is -2.46. The van der Waals surface area contributed by atoms with Crippen molar-refractivity contribution in [2.75, 3.05) is 31.6 Å². The molecular weight excluding hydrogens is 352 g/mol. The second-order valence-electron chi connectivity index (χ2n) is 8.06. The Labute approximate surface area is 170 Å². The minimum atomic E-state index is -0.381. The van der Waals surface area contributed by atoms with Gasteiger partial charge in [-0.1, -0.05) is 13.0 Å². The number of hydrogen-bond donors (Lipinski definition) is 1. The van der Waals surface area contributed by atoms with Crippen molar-refractivity contribution in [2.24, 2.45) is 0 Å². The van der Waals surface area contributed by atoms with Crippen LogP contribution >= 0.6 is 0 Å². The highest BCUT2D eigenvalue weighted by Crippen LogP contribution is 2.29. The quantitative estimate of drug-likeness (QED) is 0.522. The lowest BCUT2D eigenvalue weighted by Crippen LogP contribution is -2.62. The molecule has 1 N–H and O–H groups in total. The number of amides is 1. The summed E-state index contributed by atoms with van der Waals surface area (Å²) in [6.45, 7) is 13.4. The predicted molar refractivity (Wildman–Crippen MR) is 114 cm³/mol. The van der Waals surface area contributed by atoms with E-state index in [1.807, 2.05) is 19.9 Å². The van der Waals surface area contributed by atoms with Gasteiger partial charge in [-0.2, -0.15) is 0 Å².